The van der Waals surface area contributed by atoms with Gasteiger partial charge in [0, 0.05) is 30.2 Å². The summed E-state index contributed by atoms with van der Waals surface area (Å²) in [4.78, 5) is 4.42. The molecule has 1 heterocycles. The zero-order valence-electron chi connectivity index (χ0n) is 12.1. The molecule has 2 rings (SSSR count). The third-order valence-corrected chi connectivity index (χ3v) is 3.39. The average Bonchev–Trinajstić information content (AvgIpc) is 2.44. The maximum Gasteiger partial charge on any atom is 0.153 e. The van der Waals surface area contributed by atoms with Crippen molar-refractivity contribution in [3.05, 3.63) is 53.7 Å². The standard InChI is InChI=1S/C16H20N4/c1-10-6-5-7-14(11(10)2)20-16-15(18-4)8-13(9-19-16)12(3)17/h5-9,18H,3,17H2,1-2,4H3,(H,19,20). The van der Waals surface area contributed by atoms with Crippen LogP contribution < -0.4 is 16.4 Å². The Morgan fingerprint density at radius 3 is 2.65 bits per heavy atom. The lowest BCUT2D eigenvalue weighted by Gasteiger charge is -2.15. The highest BCUT2D eigenvalue weighted by Crippen LogP contribution is 2.27. The number of benzene rings is 1. The second-order valence-electron chi connectivity index (χ2n) is 4.77. The van der Waals surface area contributed by atoms with Crippen LogP contribution in [0.3, 0.4) is 0 Å². The lowest BCUT2D eigenvalue weighted by Crippen LogP contribution is -2.04. The van der Waals surface area contributed by atoms with Gasteiger partial charge >= 0.3 is 0 Å². The van der Waals surface area contributed by atoms with E-state index in [0.717, 1.165) is 22.8 Å². The fraction of sp³-hybridized carbons (Fsp3) is 0.188. The highest BCUT2D eigenvalue weighted by atomic mass is 15.0. The number of hydrogen-bond acceptors (Lipinski definition) is 4. The highest BCUT2D eigenvalue weighted by molar-refractivity contribution is 5.75. The lowest BCUT2D eigenvalue weighted by atomic mass is 10.1. The van der Waals surface area contributed by atoms with E-state index in [2.05, 4.69) is 42.1 Å². The summed E-state index contributed by atoms with van der Waals surface area (Å²) in [6.07, 6.45) is 1.72. The number of aryl methyl sites for hydroxylation is 1. The molecule has 0 unspecified atom stereocenters. The molecule has 0 aliphatic rings. The molecule has 0 aliphatic heterocycles. The topological polar surface area (TPSA) is 63.0 Å². The van der Waals surface area contributed by atoms with Gasteiger partial charge in [-0.1, -0.05) is 18.7 Å². The van der Waals surface area contributed by atoms with Crippen molar-refractivity contribution in [3.8, 4) is 0 Å². The monoisotopic (exact) mass is 268 g/mol. The van der Waals surface area contributed by atoms with Gasteiger partial charge in [0.2, 0.25) is 0 Å². The van der Waals surface area contributed by atoms with Crippen LogP contribution in [0.15, 0.2) is 37.0 Å². The van der Waals surface area contributed by atoms with E-state index in [1.807, 2.05) is 25.2 Å². The van der Waals surface area contributed by atoms with E-state index < -0.39 is 0 Å². The molecule has 0 amide bonds. The van der Waals surface area contributed by atoms with Crippen LogP contribution in [0.5, 0.6) is 0 Å². The first kappa shape index (κ1) is 13.9. The molecule has 2 aromatic rings. The molecule has 4 nitrogen and oxygen atoms in total. The van der Waals surface area contributed by atoms with Crippen molar-refractivity contribution in [3.63, 3.8) is 0 Å². The molecule has 1 aromatic heterocycles. The van der Waals surface area contributed by atoms with E-state index in [1.54, 1.807) is 6.20 Å². The summed E-state index contributed by atoms with van der Waals surface area (Å²) in [7, 11) is 1.86. The van der Waals surface area contributed by atoms with Gasteiger partial charge in [0.1, 0.15) is 0 Å². The van der Waals surface area contributed by atoms with E-state index in [-0.39, 0.29) is 0 Å². The van der Waals surface area contributed by atoms with Gasteiger partial charge in [-0.2, -0.15) is 0 Å². The number of nitrogens with two attached hydrogens (primary N) is 1. The van der Waals surface area contributed by atoms with Crippen LogP contribution in [0.25, 0.3) is 5.70 Å². The molecular weight excluding hydrogens is 248 g/mol. The zero-order valence-corrected chi connectivity index (χ0v) is 12.1. The Bertz CT molecular complexity index is 647. The summed E-state index contributed by atoms with van der Waals surface area (Å²) in [5.74, 6) is 0.770. The molecule has 20 heavy (non-hydrogen) atoms. The summed E-state index contributed by atoms with van der Waals surface area (Å²) in [5, 5.41) is 6.48. The summed E-state index contributed by atoms with van der Waals surface area (Å²) in [6.45, 7) is 7.91. The number of rotatable bonds is 4. The van der Waals surface area contributed by atoms with Crippen molar-refractivity contribution in [2.45, 2.75) is 13.8 Å². The van der Waals surface area contributed by atoms with Crippen LogP contribution in [0.1, 0.15) is 16.7 Å². The van der Waals surface area contributed by atoms with Crippen molar-refractivity contribution < 1.29 is 0 Å². The molecule has 0 atom stereocenters. The molecule has 4 N–H and O–H groups in total. The maximum absolute atomic E-state index is 5.70. The number of nitrogens with zero attached hydrogens (tertiary/aromatic N) is 1. The normalized spacial score (nSPS) is 10.2. The van der Waals surface area contributed by atoms with Crippen LogP contribution in [-0.2, 0) is 0 Å². The minimum Gasteiger partial charge on any atom is -0.399 e. The van der Waals surface area contributed by atoms with Gasteiger partial charge in [-0.25, -0.2) is 4.98 Å². The van der Waals surface area contributed by atoms with Crippen molar-refractivity contribution in [1.29, 1.82) is 0 Å². The number of nitrogens with one attached hydrogen (secondary N) is 2. The van der Waals surface area contributed by atoms with Crippen molar-refractivity contribution >= 4 is 22.9 Å². The smallest absolute Gasteiger partial charge is 0.153 e. The molecule has 1 aromatic carbocycles. The van der Waals surface area contributed by atoms with Crippen LogP contribution in [0.2, 0.25) is 0 Å². The molecular formula is C16H20N4. The van der Waals surface area contributed by atoms with Crippen LogP contribution >= 0.6 is 0 Å². The largest absolute Gasteiger partial charge is 0.399 e. The lowest BCUT2D eigenvalue weighted by molar-refractivity contribution is 1.25. The fourth-order valence-corrected chi connectivity index (χ4v) is 1.94. The van der Waals surface area contributed by atoms with Gasteiger partial charge in [-0.05, 0) is 37.1 Å². The molecule has 0 spiro atoms. The predicted octanol–water partition coefficient (Wildman–Crippen LogP) is 3.41. The maximum atomic E-state index is 5.70. The molecule has 0 radical (unpaired) electrons. The van der Waals surface area contributed by atoms with E-state index >= 15 is 0 Å². The van der Waals surface area contributed by atoms with Gasteiger partial charge in [0.05, 0.1) is 5.69 Å². The number of aromatic nitrogens is 1. The van der Waals surface area contributed by atoms with Crippen LogP contribution in [0.4, 0.5) is 17.2 Å². The Kier molecular flexibility index (Phi) is 3.94. The van der Waals surface area contributed by atoms with E-state index in [1.165, 1.54) is 11.1 Å². The quantitative estimate of drug-likeness (QED) is 0.795. The molecule has 0 fully saturated rings. The summed E-state index contributed by atoms with van der Waals surface area (Å²) in [5.41, 5.74) is 11.4. The Morgan fingerprint density at radius 1 is 1.25 bits per heavy atom. The molecule has 0 bridgehead atoms. The summed E-state index contributed by atoms with van der Waals surface area (Å²) < 4.78 is 0. The third-order valence-electron chi connectivity index (χ3n) is 3.39. The molecule has 4 heteroatoms. The SMILES string of the molecule is C=C(N)c1cnc(Nc2cccc(C)c2C)c(NC)c1. The number of anilines is 3. The molecule has 0 saturated heterocycles. The van der Waals surface area contributed by atoms with Crippen LogP contribution in [0, 0.1) is 13.8 Å². The number of pyridine rings is 1. The minimum atomic E-state index is 0.507. The number of hydrogen-bond donors (Lipinski definition) is 3. The van der Waals surface area contributed by atoms with Crippen molar-refractivity contribution in [1.82, 2.24) is 4.98 Å². The van der Waals surface area contributed by atoms with Gasteiger partial charge < -0.3 is 16.4 Å². The van der Waals surface area contributed by atoms with Crippen LogP contribution in [-0.4, -0.2) is 12.0 Å². The second kappa shape index (κ2) is 5.65. The minimum absolute atomic E-state index is 0.507. The van der Waals surface area contributed by atoms with Crippen molar-refractivity contribution in [2.75, 3.05) is 17.7 Å². The Balaban J connectivity index is 2.38. The summed E-state index contributed by atoms with van der Waals surface area (Å²) >= 11 is 0. The van der Waals surface area contributed by atoms with Gasteiger partial charge in [-0.3, -0.25) is 0 Å². The molecule has 104 valence electrons. The van der Waals surface area contributed by atoms with Gasteiger partial charge in [0.15, 0.2) is 5.82 Å². The van der Waals surface area contributed by atoms with E-state index in [9.17, 15) is 0 Å². The molecule has 0 saturated carbocycles. The van der Waals surface area contributed by atoms with E-state index in [0.29, 0.717) is 5.70 Å². The van der Waals surface area contributed by atoms with Crippen molar-refractivity contribution in [2.24, 2.45) is 5.73 Å². The summed E-state index contributed by atoms with van der Waals surface area (Å²) in [6, 6.07) is 8.09. The van der Waals surface area contributed by atoms with Gasteiger partial charge in [0.25, 0.3) is 0 Å². The zero-order chi connectivity index (χ0) is 14.7. The van der Waals surface area contributed by atoms with E-state index in [4.69, 9.17) is 5.73 Å². The Labute approximate surface area is 119 Å². The predicted molar refractivity (Wildman–Crippen MR) is 86.2 cm³/mol. The first-order valence-electron chi connectivity index (χ1n) is 6.48. The second-order valence-corrected chi connectivity index (χ2v) is 4.77. The Morgan fingerprint density at radius 2 is 2.00 bits per heavy atom. The fourth-order valence-electron chi connectivity index (χ4n) is 1.94. The average molecular weight is 268 g/mol. The highest BCUT2D eigenvalue weighted by Gasteiger charge is 2.07. The molecule has 0 aliphatic carbocycles. The Hall–Kier alpha value is -2.49. The van der Waals surface area contributed by atoms with Gasteiger partial charge in [-0.15, -0.1) is 0 Å². The first-order valence-corrected chi connectivity index (χ1v) is 6.48. The first-order chi connectivity index (χ1) is 9.52. The third kappa shape index (κ3) is 2.74.